The Labute approximate surface area is 175 Å². The maximum atomic E-state index is 12.2. The van der Waals surface area contributed by atoms with Gasteiger partial charge in [-0.3, -0.25) is 9.59 Å². The first kappa shape index (κ1) is 23.6. The topological polar surface area (TPSA) is 84.9 Å². The summed E-state index contributed by atoms with van der Waals surface area (Å²) in [6, 6.07) is 11.7. The summed E-state index contributed by atoms with van der Waals surface area (Å²) in [5.41, 5.74) is 1.83. The zero-order valence-corrected chi connectivity index (χ0v) is 16.7. The number of carbonyl (C=O) groups excluding carboxylic acids is 2. The number of aliphatic hydroxyl groups is 1. The molecule has 1 amide bonds. The summed E-state index contributed by atoms with van der Waals surface area (Å²) < 4.78 is 45.8. The molecule has 0 aromatic heterocycles. The second kappa shape index (κ2) is 10.9. The fourth-order valence-corrected chi connectivity index (χ4v) is 3.19. The number of hydrogen-bond donors (Lipinski definition) is 2. The van der Waals surface area contributed by atoms with Crippen molar-refractivity contribution in [2.45, 2.75) is 24.1 Å². The molecule has 0 aliphatic heterocycles. The highest BCUT2D eigenvalue weighted by atomic mass is 32.2. The van der Waals surface area contributed by atoms with E-state index in [9.17, 15) is 27.9 Å². The van der Waals surface area contributed by atoms with Crippen LogP contribution in [0.15, 0.2) is 48.5 Å². The predicted octanol–water partition coefficient (Wildman–Crippen LogP) is 3.28. The van der Waals surface area contributed by atoms with Crippen LogP contribution in [0.2, 0.25) is 0 Å². The van der Waals surface area contributed by atoms with Gasteiger partial charge in [-0.15, -0.1) is 13.2 Å². The second-order valence-corrected chi connectivity index (χ2v) is 7.16. The minimum atomic E-state index is -4.78. The van der Waals surface area contributed by atoms with Crippen molar-refractivity contribution >= 4 is 23.3 Å². The summed E-state index contributed by atoms with van der Waals surface area (Å²) in [4.78, 5) is 22.5. The fourth-order valence-electron chi connectivity index (χ4n) is 2.53. The van der Waals surface area contributed by atoms with E-state index in [2.05, 4.69) is 10.1 Å². The van der Waals surface area contributed by atoms with Gasteiger partial charge in [0.2, 0.25) is 5.91 Å². The van der Waals surface area contributed by atoms with Crippen LogP contribution < -0.4 is 14.8 Å². The average molecular weight is 443 g/mol. The number of alkyl halides is 3. The minimum Gasteiger partial charge on any atom is -0.491 e. The van der Waals surface area contributed by atoms with E-state index in [0.29, 0.717) is 23.4 Å². The molecule has 0 aliphatic rings. The lowest BCUT2D eigenvalue weighted by atomic mass is 10.1. The smallest absolute Gasteiger partial charge is 0.491 e. The summed E-state index contributed by atoms with van der Waals surface area (Å²) in [7, 11) is 1.50. The molecular weight excluding hydrogens is 423 g/mol. The molecule has 10 heteroatoms. The van der Waals surface area contributed by atoms with Crippen LogP contribution in [0.4, 0.5) is 13.2 Å². The van der Waals surface area contributed by atoms with E-state index in [1.165, 1.54) is 19.2 Å². The molecule has 0 bridgehead atoms. The van der Waals surface area contributed by atoms with Gasteiger partial charge in [-0.2, -0.15) is 0 Å². The van der Waals surface area contributed by atoms with Crippen molar-refractivity contribution in [1.82, 2.24) is 5.32 Å². The van der Waals surface area contributed by atoms with Gasteiger partial charge in [0.1, 0.15) is 24.2 Å². The Morgan fingerprint density at radius 1 is 1.13 bits per heavy atom. The van der Waals surface area contributed by atoms with Crippen molar-refractivity contribution in [3.05, 3.63) is 59.7 Å². The van der Waals surface area contributed by atoms with E-state index >= 15 is 0 Å². The number of rotatable bonds is 10. The highest BCUT2D eigenvalue weighted by molar-refractivity contribution is 8.13. The van der Waals surface area contributed by atoms with Crippen molar-refractivity contribution in [3.63, 3.8) is 0 Å². The molecule has 0 heterocycles. The monoisotopic (exact) mass is 443 g/mol. The van der Waals surface area contributed by atoms with Crippen LogP contribution in [0.5, 0.6) is 11.5 Å². The Bertz CT molecular complexity index is 828. The molecule has 2 N–H and O–H groups in total. The normalized spacial score (nSPS) is 13.2. The molecule has 0 spiro atoms. The van der Waals surface area contributed by atoms with E-state index in [0.717, 1.165) is 29.5 Å². The maximum Gasteiger partial charge on any atom is 0.573 e. The molecule has 6 nitrogen and oxygen atoms in total. The zero-order valence-electron chi connectivity index (χ0n) is 15.9. The maximum absolute atomic E-state index is 12.2. The van der Waals surface area contributed by atoms with Gasteiger partial charge in [-0.1, -0.05) is 36.0 Å². The minimum absolute atomic E-state index is 0.110. The van der Waals surface area contributed by atoms with E-state index in [1.54, 1.807) is 24.3 Å². The molecular formula is C20H20F3NO5S. The van der Waals surface area contributed by atoms with Gasteiger partial charge < -0.3 is 19.9 Å². The standard InChI is InChI=1S/C20H20F3NO5S/c1-24-19(27)18(30-12-25)10-13-2-6-15(7-3-13)28-11-17(26)14-4-8-16(9-5-14)29-20(21,22)23/h2-9,12,17-18,26H,10-11H2,1H3,(H,24,27). The Morgan fingerprint density at radius 2 is 1.73 bits per heavy atom. The highest BCUT2D eigenvalue weighted by Crippen LogP contribution is 2.25. The number of benzene rings is 2. The fraction of sp³-hybridized carbons (Fsp3) is 0.300. The molecule has 2 rings (SSSR count). The second-order valence-electron chi connectivity index (χ2n) is 6.13. The number of nitrogens with one attached hydrogen (secondary N) is 1. The molecule has 30 heavy (non-hydrogen) atoms. The van der Waals surface area contributed by atoms with E-state index in [1.807, 2.05) is 0 Å². The first-order chi connectivity index (χ1) is 14.2. The summed E-state index contributed by atoms with van der Waals surface area (Å²) in [6.45, 7) is -0.110. The van der Waals surface area contributed by atoms with Gasteiger partial charge in [0.15, 0.2) is 5.62 Å². The molecule has 0 saturated carbocycles. The van der Waals surface area contributed by atoms with E-state index in [4.69, 9.17) is 4.74 Å². The van der Waals surface area contributed by atoms with Crippen molar-refractivity contribution < 1.29 is 37.3 Å². The third-order valence-electron chi connectivity index (χ3n) is 4.01. The van der Waals surface area contributed by atoms with Crippen molar-refractivity contribution in [2.75, 3.05) is 13.7 Å². The largest absolute Gasteiger partial charge is 0.573 e. The van der Waals surface area contributed by atoms with Crippen molar-refractivity contribution in [3.8, 4) is 11.5 Å². The van der Waals surface area contributed by atoms with Gasteiger partial charge >= 0.3 is 6.36 Å². The summed E-state index contributed by atoms with van der Waals surface area (Å²) in [5.74, 6) is -0.158. The molecule has 2 aromatic carbocycles. The van der Waals surface area contributed by atoms with Gasteiger partial charge in [0, 0.05) is 7.05 Å². The van der Waals surface area contributed by atoms with Crippen molar-refractivity contribution in [2.24, 2.45) is 0 Å². The van der Waals surface area contributed by atoms with Crippen molar-refractivity contribution in [1.29, 1.82) is 0 Å². The molecule has 0 fully saturated rings. The van der Waals surface area contributed by atoms with Gasteiger partial charge in [-0.25, -0.2) is 0 Å². The number of aliphatic hydroxyl groups excluding tert-OH is 1. The molecule has 0 aliphatic carbocycles. The molecule has 2 unspecified atom stereocenters. The molecule has 2 aromatic rings. The van der Waals surface area contributed by atoms with Crippen LogP contribution in [0.3, 0.4) is 0 Å². The Morgan fingerprint density at radius 3 is 2.27 bits per heavy atom. The third kappa shape index (κ3) is 7.60. The molecule has 0 saturated heterocycles. The average Bonchev–Trinajstić information content (AvgIpc) is 2.71. The third-order valence-corrected chi connectivity index (χ3v) is 4.83. The van der Waals surface area contributed by atoms with Crippen LogP contribution >= 0.6 is 11.8 Å². The lowest BCUT2D eigenvalue weighted by Gasteiger charge is -2.15. The summed E-state index contributed by atoms with van der Waals surface area (Å²) in [6.07, 6.45) is -5.47. The highest BCUT2D eigenvalue weighted by Gasteiger charge is 2.31. The number of thioether (sulfide) groups is 1. The SMILES string of the molecule is CNC(=O)C(Cc1ccc(OCC(O)c2ccc(OC(F)(F)F)cc2)cc1)SC=O. The lowest BCUT2D eigenvalue weighted by Crippen LogP contribution is -2.31. The van der Waals surface area contributed by atoms with Gasteiger partial charge in [0.25, 0.3) is 0 Å². The zero-order chi connectivity index (χ0) is 22.1. The molecule has 2 atom stereocenters. The Kier molecular flexibility index (Phi) is 8.55. The number of carbonyl (C=O) groups is 2. The quantitative estimate of drug-likeness (QED) is 0.549. The predicted molar refractivity (Wildman–Crippen MR) is 106 cm³/mol. The van der Waals surface area contributed by atoms with E-state index in [-0.39, 0.29) is 18.3 Å². The van der Waals surface area contributed by atoms with E-state index < -0.39 is 17.7 Å². The Balaban J connectivity index is 1.89. The number of amides is 1. The van der Waals surface area contributed by atoms with Crippen LogP contribution in [-0.2, 0) is 16.0 Å². The van der Waals surface area contributed by atoms with Crippen LogP contribution in [0.1, 0.15) is 17.2 Å². The summed E-state index contributed by atoms with van der Waals surface area (Å²) in [5, 5.41) is 12.1. The number of halogens is 3. The molecule has 162 valence electrons. The summed E-state index contributed by atoms with van der Waals surface area (Å²) >= 11 is 0.896. The van der Waals surface area contributed by atoms with Crippen LogP contribution in [-0.4, -0.2) is 41.9 Å². The van der Waals surface area contributed by atoms with Crippen LogP contribution in [0, 0.1) is 0 Å². The first-order valence-electron chi connectivity index (χ1n) is 8.78. The van der Waals surface area contributed by atoms with Gasteiger partial charge in [0.05, 0.1) is 5.25 Å². The molecule has 0 radical (unpaired) electrons. The van der Waals surface area contributed by atoms with Gasteiger partial charge in [-0.05, 0) is 41.8 Å². The number of ether oxygens (including phenoxy) is 2. The Hall–Kier alpha value is -2.72. The van der Waals surface area contributed by atoms with Crippen LogP contribution in [0.25, 0.3) is 0 Å². The number of hydrogen-bond acceptors (Lipinski definition) is 6. The lowest BCUT2D eigenvalue weighted by molar-refractivity contribution is -0.274. The first-order valence-corrected chi connectivity index (χ1v) is 9.72.